The average molecular weight is 394 g/mol. The van der Waals surface area contributed by atoms with Crippen molar-refractivity contribution < 1.29 is 14.7 Å². The number of aliphatic carboxylic acids is 1. The molecule has 1 rings (SSSR count). The van der Waals surface area contributed by atoms with Crippen molar-refractivity contribution in [1.29, 1.82) is 0 Å². The fraction of sp³-hybridized carbons (Fsp3) is 0.727. The Kier molecular flexibility index (Phi) is 9.73. The van der Waals surface area contributed by atoms with Gasteiger partial charge in [-0.3, -0.25) is 9.69 Å². The molecule has 6 heteroatoms. The molecule has 28 heavy (non-hydrogen) atoms. The SMILES string of the molecule is C=C(NC(C(=O)N(C)C/C=C(\C)C(=O)O)C(C)C)C1CCCCN1C(C)CC. The number of likely N-dealkylation sites (N-methyl/N-ethyl adjacent to an activating group) is 1. The number of hydrogen-bond donors (Lipinski definition) is 2. The Morgan fingerprint density at radius 1 is 1.32 bits per heavy atom. The number of rotatable bonds is 10. The van der Waals surface area contributed by atoms with E-state index in [0.29, 0.717) is 6.04 Å². The van der Waals surface area contributed by atoms with E-state index in [9.17, 15) is 9.59 Å². The van der Waals surface area contributed by atoms with Crippen LogP contribution in [0.1, 0.15) is 60.3 Å². The molecule has 0 aromatic carbocycles. The molecule has 0 saturated carbocycles. The third-order valence-electron chi connectivity index (χ3n) is 5.76. The number of likely N-dealkylation sites (tertiary alicyclic amines) is 1. The number of hydrogen-bond acceptors (Lipinski definition) is 4. The summed E-state index contributed by atoms with van der Waals surface area (Å²) in [6.45, 7) is 15.7. The molecule has 0 radical (unpaired) electrons. The number of carbonyl (C=O) groups is 2. The average Bonchev–Trinajstić information content (AvgIpc) is 2.68. The minimum Gasteiger partial charge on any atom is -0.478 e. The Bertz CT molecular complexity index is 586. The van der Waals surface area contributed by atoms with E-state index in [-0.39, 0.29) is 36.0 Å². The van der Waals surface area contributed by atoms with Crippen LogP contribution < -0.4 is 5.32 Å². The molecule has 2 N–H and O–H groups in total. The van der Waals surface area contributed by atoms with Crippen molar-refractivity contribution in [1.82, 2.24) is 15.1 Å². The molecule has 160 valence electrons. The van der Waals surface area contributed by atoms with Crippen LogP contribution in [0.4, 0.5) is 0 Å². The first-order valence-electron chi connectivity index (χ1n) is 10.5. The Labute approximate surface area is 170 Å². The fourth-order valence-electron chi connectivity index (χ4n) is 3.59. The van der Waals surface area contributed by atoms with E-state index in [1.165, 1.54) is 19.8 Å². The van der Waals surface area contributed by atoms with E-state index in [2.05, 4.69) is 30.6 Å². The highest BCUT2D eigenvalue weighted by Crippen LogP contribution is 2.25. The second-order valence-electron chi connectivity index (χ2n) is 8.31. The summed E-state index contributed by atoms with van der Waals surface area (Å²) < 4.78 is 0. The van der Waals surface area contributed by atoms with Gasteiger partial charge < -0.3 is 15.3 Å². The molecule has 1 aliphatic heterocycles. The van der Waals surface area contributed by atoms with Crippen LogP contribution in [0.5, 0.6) is 0 Å². The van der Waals surface area contributed by atoms with Crippen LogP contribution in [0, 0.1) is 5.92 Å². The van der Waals surface area contributed by atoms with Crippen molar-refractivity contribution in [3.63, 3.8) is 0 Å². The third-order valence-corrected chi connectivity index (χ3v) is 5.76. The predicted octanol–water partition coefficient (Wildman–Crippen LogP) is 3.26. The highest BCUT2D eigenvalue weighted by molar-refractivity contribution is 5.86. The topological polar surface area (TPSA) is 72.9 Å². The summed E-state index contributed by atoms with van der Waals surface area (Å²) in [5, 5.41) is 12.4. The summed E-state index contributed by atoms with van der Waals surface area (Å²) in [6.07, 6.45) is 6.11. The molecule has 0 aliphatic carbocycles. The molecule has 0 bridgehead atoms. The monoisotopic (exact) mass is 393 g/mol. The van der Waals surface area contributed by atoms with Gasteiger partial charge in [-0.05, 0) is 45.6 Å². The van der Waals surface area contributed by atoms with E-state index in [1.54, 1.807) is 18.0 Å². The van der Waals surface area contributed by atoms with Crippen LogP contribution in [-0.4, -0.2) is 65.0 Å². The van der Waals surface area contributed by atoms with Gasteiger partial charge in [0, 0.05) is 36.9 Å². The van der Waals surface area contributed by atoms with Crippen molar-refractivity contribution >= 4 is 11.9 Å². The van der Waals surface area contributed by atoms with Gasteiger partial charge in [-0.15, -0.1) is 0 Å². The predicted molar refractivity (Wildman–Crippen MR) is 114 cm³/mol. The first-order chi connectivity index (χ1) is 13.1. The van der Waals surface area contributed by atoms with Gasteiger partial charge in [0.05, 0.1) is 0 Å². The van der Waals surface area contributed by atoms with Crippen LogP contribution in [0.3, 0.4) is 0 Å². The summed E-state index contributed by atoms with van der Waals surface area (Å²) in [5.41, 5.74) is 1.15. The number of nitrogens with zero attached hydrogens (tertiary/aromatic N) is 2. The molecule has 1 aliphatic rings. The van der Waals surface area contributed by atoms with Gasteiger partial charge in [0.2, 0.25) is 5.91 Å². The van der Waals surface area contributed by atoms with Gasteiger partial charge in [-0.2, -0.15) is 0 Å². The van der Waals surface area contributed by atoms with E-state index in [4.69, 9.17) is 5.11 Å². The largest absolute Gasteiger partial charge is 0.478 e. The summed E-state index contributed by atoms with van der Waals surface area (Å²) in [6, 6.07) is 0.359. The summed E-state index contributed by atoms with van der Waals surface area (Å²) >= 11 is 0. The van der Waals surface area contributed by atoms with Gasteiger partial charge >= 0.3 is 5.97 Å². The molecule has 0 aromatic heterocycles. The molecule has 3 atom stereocenters. The number of amides is 1. The van der Waals surface area contributed by atoms with Crippen LogP contribution in [0.2, 0.25) is 0 Å². The number of carboxylic acid groups (broad SMARTS) is 1. The molecular formula is C22H39N3O3. The van der Waals surface area contributed by atoms with Crippen LogP contribution in [-0.2, 0) is 9.59 Å². The first kappa shape index (κ1) is 24.2. The number of carbonyl (C=O) groups excluding carboxylic acids is 1. The molecule has 0 aromatic rings. The Morgan fingerprint density at radius 3 is 2.50 bits per heavy atom. The highest BCUT2D eigenvalue weighted by atomic mass is 16.4. The summed E-state index contributed by atoms with van der Waals surface area (Å²) in [5.74, 6) is -0.913. The van der Waals surface area contributed by atoms with Crippen molar-refractivity contribution in [3.8, 4) is 0 Å². The lowest BCUT2D eigenvalue weighted by atomic mass is 9.95. The lowest BCUT2D eigenvalue weighted by Crippen LogP contribution is -2.53. The number of piperidine rings is 1. The number of carboxylic acids is 1. The standard InChI is InChI=1S/C22H39N3O3/c1-8-17(5)25-13-10-9-11-19(25)18(6)23-20(15(2)3)21(26)24(7)14-12-16(4)22(27)28/h12,15,17,19-20,23H,6,8-11,13-14H2,1-5,7H3,(H,27,28)/b16-12+. The molecule has 3 unspecified atom stereocenters. The molecule has 6 nitrogen and oxygen atoms in total. The first-order valence-corrected chi connectivity index (χ1v) is 10.5. The summed E-state index contributed by atoms with van der Waals surface area (Å²) in [4.78, 5) is 28.0. The molecule has 1 amide bonds. The van der Waals surface area contributed by atoms with Gasteiger partial charge in [0.25, 0.3) is 0 Å². The fourth-order valence-corrected chi connectivity index (χ4v) is 3.59. The molecule has 0 spiro atoms. The van der Waals surface area contributed by atoms with E-state index in [1.807, 2.05) is 13.8 Å². The molecule has 1 fully saturated rings. The highest BCUT2D eigenvalue weighted by Gasteiger charge is 2.31. The quantitative estimate of drug-likeness (QED) is 0.558. The van der Waals surface area contributed by atoms with Crippen LogP contribution in [0.25, 0.3) is 0 Å². The van der Waals surface area contributed by atoms with E-state index in [0.717, 1.165) is 25.1 Å². The minimum atomic E-state index is -0.963. The van der Waals surface area contributed by atoms with Crippen LogP contribution >= 0.6 is 0 Å². The summed E-state index contributed by atoms with van der Waals surface area (Å²) in [7, 11) is 1.71. The molecular weight excluding hydrogens is 354 g/mol. The zero-order valence-electron chi connectivity index (χ0n) is 18.5. The number of nitrogens with one attached hydrogen (secondary N) is 1. The maximum atomic E-state index is 13.0. The lowest BCUT2D eigenvalue weighted by Gasteiger charge is -2.42. The van der Waals surface area contributed by atoms with E-state index < -0.39 is 5.97 Å². The van der Waals surface area contributed by atoms with Gasteiger partial charge in [0.15, 0.2) is 0 Å². The van der Waals surface area contributed by atoms with Gasteiger partial charge in [-0.25, -0.2) is 4.79 Å². The zero-order valence-corrected chi connectivity index (χ0v) is 18.5. The van der Waals surface area contributed by atoms with Crippen molar-refractivity contribution in [3.05, 3.63) is 23.9 Å². The Hall–Kier alpha value is -1.82. The maximum absolute atomic E-state index is 13.0. The second-order valence-corrected chi connectivity index (χ2v) is 8.31. The second kappa shape index (κ2) is 11.2. The van der Waals surface area contributed by atoms with Crippen molar-refractivity contribution in [2.75, 3.05) is 20.1 Å². The molecule has 1 saturated heterocycles. The van der Waals surface area contributed by atoms with Crippen LogP contribution in [0.15, 0.2) is 23.9 Å². The molecule has 1 heterocycles. The Balaban J connectivity index is 2.84. The minimum absolute atomic E-state index is 0.0449. The zero-order chi connectivity index (χ0) is 21.4. The third kappa shape index (κ3) is 6.66. The smallest absolute Gasteiger partial charge is 0.331 e. The normalized spacial score (nSPS) is 20.5. The maximum Gasteiger partial charge on any atom is 0.331 e. The van der Waals surface area contributed by atoms with Gasteiger partial charge in [0.1, 0.15) is 6.04 Å². The lowest BCUT2D eigenvalue weighted by molar-refractivity contribution is -0.134. The van der Waals surface area contributed by atoms with Gasteiger partial charge in [-0.1, -0.05) is 39.8 Å². The van der Waals surface area contributed by atoms with E-state index >= 15 is 0 Å². The van der Waals surface area contributed by atoms with Crippen molar-refractivity contribution in [2.24, 2.45) is 5.92 Å². The Morgan fingerprint density at radius 2 is 1.96 bits per heavy atom. The van der Waals surface area contributed by atoms with Crippen molar-refractivity contribution in [2.45, 2.75) is 78.4 Å².